The van der Waals surface area contributed by atoms with Gasteiger partial charge >= 0.3 is 0 Å². The van der Waals surface area contributed by atoms with E-state index in [1.54, 1.807) is 18.3 Å². The highest BCUT2D eigenvalue weighted by molar-refractivity contribution is 6.03. The zero-order chi connectivity index (χ0) is 25.8. The summed E-state index contributed by atoms with van der Waals surface area (Å²) in [5.41, 5.74) is 6.66. The third-order valence-electron chi connectivity index (χ3n) is 7.85. The maximum Gasteiger partial charge on any atom is 0.252 e. The van der Waals surface area contributed by atoms with Crippen LogP contribution in [0.5, 0.6) is 11.6 Å². The number of rotatable bonds is 7. The number of pyridine rings is 1. The third kappa shape index (κ3) is 5.59. The number of carbonyl (C=O) groups is 2. The fourth-order valence-electron chi connectivity index (χ4n) is 5.47. The van der Waals surface area contributed by atoms with E-state index in [0.29, 0.717) is 41.9 Å². The number of aromatic nitrogens is 1. The Kier molecular flexibility index (Phi) is 8.03. The zero-order valence-corrected chi connectivity index (χ0v) is 21.7. The number of hydrogen-bond donors (Lipinski definition) is 2. The van der Waals surface area contributed by atoms with Gasteiger partial charge in [-0.25, -0.2) is 4.98 Å². The summed E-state index contributed by atoms with van der Waals surface area (Å²) >= 11 is 0. The number of methoxy groups -OCH3 is 1. The van der Waals surface area contributed by atoms with Crippen molar-refractivity contribution >= 4 is 22.6 Å². The van der Waals surface area contributed by atoms with Crippen LogP contribution in [-0.4, -0.2) is 36.6 Å². The zero-order valence-electron chi connectivity index (χ0n) is 21.7. The number of primary amides is 1. The molecule has 7 nitrogen and oxygen atoms in total. The quantitative estimate of drug-likeness (QED) is 0.545. The Morgan fingerprint density at radius 3 is 2.64 bits per heavy atom. The van der Waals surface area contributed by atoms with Crippen LogP contribution in [0.15, 0.2) is 18.3 Å². The number of hydrogen-bond acceptors (Lipinski definition) is 5. The van der Waals surface area contributed by atoms with Gasteiger partial charge in [0.1, 0.15) is 12.4 Å². The number of fused-ring (bicyclic) bond motifs is 1. The summed E-state index contributed by atoms with van der Waals surface area (Å²) in [6, 6.07) is 3.39. The highest BCUT2D eigenvalue weighted by Crippen LogP contribution is 2.35. The van der Waals surface area contributed by atoms with Gasteiger partial charge < -0.3 is 20.5 Å². The second-order valence-electron chi connectivity index (χ2n) is 10.4. The van der Waals surface area contributed by atoms with Crippen LogP contribution < -0.4 is 20.5 Å². The lowest BCUT2D eigenvalue weighted by atomic mass is 9.77. The van der Waals surface area contributed by atoms with Gasteiger partial charge in [0.2, 0.25) is 11.8 Å². The highest BCUT2D eigenvalue weighted by Gasteiger charge is 2.31. The van der Waals surface area contributed by atoms with Crippen molar-refractivity contribution < 1.29 is 20.5 Å². The summed E-state index contributed by atoms with van der Waals surface area (Å²) in [4.78, 5) is 28.6. The van der Waals surface area contributed by atoms with Gasteiger partial charge in [0, 0.05) is 30.7 Å². The monoisotopic (exact) mass is 493 g/mol. The largest absolute Gasteiger partial charge is 0.496 e. The Morgan fingerprint density at radius 2 is 2.00 bits per heavy atom. The van der Waals surface area contributed by atoms with Gasteiger partial charge in [-0.05, 0) is 55.6 Å². The number of ether oxygens (including phenoxy) is 2. The number of nitrogens with one attached hydrogen (secondary N) is 1. The van der Waals surface area contributed by atoms with Crippen LogP contribution in [0.25, 0.3) is 10.8 Å². The fourth-order valence-corrected chi connectivity index (χ4v) is 5.47. The Bertz CT molecular complexity index is 1200. The first-order chi connectivity index (χ1) is 17.3. The molecule has 4 rings (SSSR count). The number of amides is 2. The van der Waals surface area contributed by atoms with Crippen molar-refractivity contribution in [2.45, 2.75) is 65.3 Å². The molecule has 1 aromatic heterocycles. The molecule has 2 atom stereocenters. The van der Waals surface area contributed by atoms with E-state index in [9.17, 15) is 9.59 Å². The Hall–Kier alpha value is -3.27. The van der Waals surface area contributed by atoms with E-state index in [1.807, 2.05) is 0 Å². The molecule has 2 amide bonds. The lowest BCUT2D eigenvalue weighted by Gasteiger charge is -2.28. The molecular weight excluding hydrogens is 454 g/mol. The highest BCUT2D eigenvalue weighted by atomic mass is 16.5. The SMILES string of the molecule is CC[C@@H]1CC(=O)N[C@@H]1COc1ncc(C#CC2CCC(C(C)C)CC2)c2cc(C(N)=O)c(OC)cc12.[HH]. The predicted octanol–water partition coefficient (Wildman–Crippen LogP) is 4.70. The lowest BCUT2D eigenvalue weighted by molar-refractivity contribution is -0.119. The molecule has 1 saturated carbocycles. The van der Waals surface area contributed by atoms with Gasteiger partial charge in [-0.15, -0.1) is 0 Å². The van der Waals surface area contributed by atoms with Crippen molar-refractivity contribution in [3.05, 3.63) is 29.5 Å². The van der Waals surface area contributed by atoms with Crippen LogP contribution in [0.3, 0.4) is 0 Å². The van der Waals surface area contributed by atoms with Crippen LogP contribution in [0.4, 0.5) is 0 Å². The summed E-state index contributed by atoms with van der Waals surface area (Å²) in [6.45, 7) is 6.98. The van der Waals surface area contributed by atoms with Gasteiger partial charge in [0.15, 0.2) is 0 Å². The summed E-state index contributed by atoms with van der Waals surface area (Å²) in [6.07, 6.45) is 7.74. The average Bonchev–Trinajstić information content (AvgIpc) is 3.25. The second-order valence-corrected chi connectivity index (χ2v) is 10.4. The van der Waals surface area contributed by atoms with Crippen molar-refractivity contribution in [3.8, 4) is 23.5 Å². The van der Waals surface area contributed by atoms with E-state index < -0.39 is 5.91 Å². The van der Waals surface area contributed by atoms with Gasteiger partial charge in [-0.1, -0.05) is 39.0 Å². The first-order valence-electron chi connectivity index (χ1n) is 13.0. The van der Waals surface area contributed by atoms with Crippen molar-refractivity contribution in [2.24, 2.45) is 29.4 Å². The molecule has 2 fully saturated rings. The molecule has 2 heterocycles. The van der Waals surface area contributed by atoms with Crippen LogP contribution in [0.1, 0.15) is 76.6 Å². The van der Waals surface area contributed by atoms with Gasteiger partial charge in [0.25, 0.3) is 5.91 Å². The molecule has 1 aliphatic heterocycles. The van der Waals surface area contributed by atoms with Crippen molar-refractivity contribution in [1.82, 2.24) is 10.3 Å². The maximum atomic E-state index is 12.1. The van der Waals surface area contributed by atoms with E-state index in [4.69, 9.17) is 15.2 Å². The molecule has 1 aromatic carbocycles. The summed E-state index contributed by atoms with van der Waals surface area (Å²) < 4.78 is 11.6. The van der Waals surface area contributed by atoms with E-state index >= 15 is 0 Å². The van der Waals surface area contributed by atoms with Crippen LogP contribution in [-0.2, 0) is 4.79 Å². The molecule has 2 aliphatic rings. The smallest absolute Gasteiger partial charge is 0.252 e. The Labute approximate surface area is 215 Å². The summed E-state index contributed by atoms with van der Waals surface area (Å²) in [5, 5.41) is 4.45. The van der Waals surface area contributed by atoms with Crippen molar-refractivity contribution in [3.63, 3.8) is 0 Å². The van der Waals surface area contributed by atoms with Crippen LogP contribution in [0.2, 0.25) is 0 Å². The molecule has 0 bridgehead atoms. The topological polar surface area (TPSA) is 104 Å². The standard InChI is InChI=1S/C29H37N3O4.H2/c1-5-19-12-27(33)32-25(19)16-36-29-23-14-26(35-4)24(28(30)34)13-22(23)21(15-31-29)11-8-18-6-9-20(10-7-18)17(2)3;/h13-15,17-20,25H,5-7,9-10,12,16H2,1-4H3,(H2,30,34)(H,32,33);1H/t18?,19-,20?,25-;/m1./s1. The minimum Gasteiger partial charge on any atom is -0.496 e. The molecule has 0 spiro atoms. The minimum absolute atomic E-state index is 0. The number of nitrogens with two attached hydrogens (primary N) is 1. The molecule has 36 heavy (non-hydrogen) atoms. The molecule has 0 radical (unpaired) electrons. The molecule has 3 N–H and O–H groups in total. The first kappa shape index (κ1) is 25.8. The molecule has 1 saturated heterocycles. The Balaban J connectivity index is 0.00000380. The van der Waals surface area contributed by atoms with E-state index in [-0.39, 0.29) is 24.9 Å². The summed E-state index contributed by atoms with van der Waals surface area (Å²) in [7, 11) is 1.50. The minimum atomic E-state index is -0.571. The second kappa shape index (κ2) is 11.2. The van der Waals surface area contributed by atoms with Crippen LogP contribution >= 0.6 is 0 Å². The van der Waals surface area contributed by atoms with Crippen molar-refractivity contribution in [1.29, 1.82) is 0 Å². The maximum absolute atomic E-state index is 12.1. The third-order valence-corrected chi connectivity index (χ3v) is 7.85. The molecule has 194 valence electrons. The predicted molar refractivity (Wildman–Crippen MR) is 142 cm³/mol. The van der Waals surface area contributed by atoms with E-state index in [2.05, 4.69) is 42.9 Å². The molecule has 1 aliphatic carbocycles. The van der Waals surface area contributed by atoms with Crippen LogP contribution in [0, 0.1) is 35.5 Å². The molecular formula is C29H39N3O4. The van der Waals surface area contributed by atoms with Gasteiger partial charge in [0.05, 0.1) is 24.3 Å². The lowest BCUT2D eigenvalue weighted by Crippen LogP contribution is -2.34. The Morgan fingerprint density at radius 1 is 1.25 bits per heavy atom. The first-order valence-corrected chi connectivity index (χ1v) is 13.0. The van der Waals surface area contributed by atoms with Gasteiger partial charge in [-0.3, -0.25) is 9.59 Å². The molecule has 2 aromatic rings. The average molecular weight is 494 g/mol. The number of benzene rings is 1. The summed E-state index contributed by atoms with van der Waals surface area (Å²) in [5.74, 6) is 9.13. The normalized spacial score (nSPS) is 23.8. The number of carbonyl (C=O) groups excluding carboxylic acids is 2. The van der Waals surface area contributed by atoms with E-state index in [1.165, 1.54) is 20.0 Å². The molecule has 7 heteroatoms. The van der Waals surface area contributed by atoms with E-state index in [0.717, 1.165) is 36.1 Å². The van der Waals surface area contributed by atoms with Crippen molar-refractivity contribution in [2.75, 3.05) is 13.7 Å². The molecule has 0 unspecified atom stereocenters. The number of nitrogens with zero attached hydrogens (tertiary/aromatic N) is 1. The fraction of sp³-hybridized carbons (Fsp3) is 0.552. The van der Waals surface area contributed by atoms with Gasteiger partial charge in [-0.2, -0.15) is 0 Å².